The third kappa shape index (κ3) is 5.65. The molecule has 1 aliphatic carbocycles. The average Bonchev–Trinajstić information content (AvgIpc) is 3.58. The Morgan fingerprint density at radius 3 is 1.78 bits per heavy atom. The summed E-state index contributed by atoms with van der Waals surface area (Å²) in [6.07, 6.45) is 5.71. The highest BCUT2D eigenvalue weighted by molar-refractivity contribution is 5.97. The number of aromatic amines is 2. The van der Waals surface area contributed by atoms with Gasteiger partial charge in [-0.2, -0.15) is 0 Å². The molecule has 2 N–H and O–H groups in total. The van der Waals surface area contributed by atoms with Crippen LogP contribution in [0.15, 0.2) is 30.8 Å². The quantitative estimate of drug-likeness (QED) is 0.251. The van der Waals surface area contributed by atoms with Crippen LogP contribution >= 0.6 is 0 Å². The first-order chi connectivity index (χ1) is 21.6. The lowest BCUT2D eigenvalue weighted by atomic mass is 9.98. The Bertz CT molecular complexity index is 1980. The first kappa shape index (κ1) is 30.3. The molecule has 8 nitrogen and oxygen atoms in total. The van der Waals surface area contributed by atoms with E-state index in [-0.39, 0.29) is 24.8 Å². The monoisotopic (exact) mass is 604 g/mol. The standard InChI is InChI=1S/C37H40N4O4/c1-8-24-19(2)29-17-34-37(23-9-10-23)22(5)30(41-34)15-27-20(3)25(11-13-35(42)44-6)32(39-27)18-33-26(12-14-36(43)45-7)21(4)28(40-33)16-31(24)38-29/h8,15-18,23,38,41H,1,9-14H2,2-7H3. The van der Waals surface area contributed by atoms with Crippen molar-refractivity contribution in [3.8, 4) is 0 Å². The van der Waals surface area contributed by atoms with Crippen LogP contribution in [-0.2, 0) is 19.1 Å². The van der Waals surface area contributed by atoms with Crippen LogP contribution in [-0.4, -0.2) is 46.1 Å². The summed E-state index contributed by atoms with van der Waals surface area (Å²) in [5, 5.41) is 0. The molecule has 45 heavy (non-hydrogen) atoms. The van der Waals surface area contributed by atoms with Gasteiger partial charge in [0.15, 0.2) is 0 Å². The molecule has 2 aliphatic heterocycles. The zero-order valence-corrected chi connectivity index (χ0v) is 26.9. The number of esters is 2. The van der Waals surface area contributed by atoms with Crippen LogP contribution in [0.4, 0.5) is 0 Å². The second-order valence-electron chi connectivity index (χ2n) is 12.2. The van der Waals surface area contributed by atoms with Gasteiger partial charge in [0.1, 0.15) is 0 Å². The molecule has 0 radical (unpaired) electrons. The number of hydrogen-bond acceptors (Lipinski definition) is 6. The number of allylic oxidation sites excluding steroid dienone is 4. The van der Waals surface area contributed by atoms with Gasteiger partial charge in [-0.15, -0.1) is 0 Å². The second-order valence-corrected chi connectivity index (χ2v) is 12.2. The minimum absolute atomic E-state index is 0.237. The van der Waals surface area contributed by atoms with Gasteiger partial charge in [-0.1, -0.05) is 12.7 Å². The molecule has 1 fully saturated rings. The largest absolute Gasteiger partial charge is 0.469 e. The number of carbonyl (C=O) groups excluding carboxylic acids is 2. The fourth-order valence-corrected chi connectivity index (χ4v) is 6.60. The van der Waals surface area contributed by atoms with Crippen molar-refractivity contribution >= 4 is 62.4 Å². The van der Waals surface area contributed by atoms with Crippen molar-refractivity contribution < 1.29 is 19.1 Å². The molecule has 0 spiro atoms. The van der Waals surface area contributed by atoms with Gasteiger partial charge in [-0.3, -0.25) is 9.59 Å². The molecule has 0 atom stereocenters. The van der Waals surface area contributed by atoms with Crippen LogP contribution in [0.3, 0.4) is 0 Å². The lowest BCUT2D eigenvalue weighted by Gasteiger charge is -2.06. The van der Waals surface area contributed by atoms with Crippen LogP contribution in [0.5, 0.6) is 0 Å². The Morgan fingerprint density at radius 2 is 1.27 bits per heavy atom. The first-order valence-corrected chi connectivity index (χ1v) is 15.6. The number of nitrogens with zero attached hydrogens (tertiary/aromatic N) is 2. The molecule has 3 aliphatic rings. The highest BCUT2D eigenvalue weighted by atomic mass is 16.5. The van der Waals surface area contributed by atoms with E-state index in [9.17, 15) is 9.59 Å². The van der Waals surface area contributed by atoms with Gasteiger partial charge < -0.3 is 19.4 Å². The van der Waals surface area contributed by atoms with Crippen LogP contribution in [0.2, 0.25) is 0 Å². The van der Waals surface area contributed by atoms with Crippen molar-refractivity contribution in [2.24, 2.45) is 0 Å². The van der Waals surface area contributed by atoms with Crippen molar-refractivity contribution in [2.45, 2.75) is 72.1 Å². The summed E-state index contributed by atoms with van der Waals surface area (Å²) in [6.45, 7) is 12.5. The molecular weight excluding hydrogens is 564 g/mol. The molecule has 6 rings (SSSR count). The number of H-pyrrole nitrogens is 2. The van der Waals surface area contributed by atoms with Crippen molar-refractivity contribution in [1.82, 2.24) is 19.9 Å². The van der Waals surface area contributed by atoms with Gasteiger partial charge in [0.25, 0.3) is 0 Å². The molecule has 3 aromatic heterocycles. The predicted octanol–water partition coefficient (Wildman–Crippen LogP) is 8.22. The van der Waals surface area contributed by atoms with E-state index in [2.05, 4.69) is 55.5 Å². The Labute approximate surface area is 263 Å². The van der Waals surface area contributed by atoms with E-state index < -0.39 is 0 Å². The third-order valence-electron chi connectivity index (χ3n) is 9.44. The predicted molar refractivity (Wildman–Crippen MR) is 180 cm³/mol. The van der Waals surface area contributed by atoms with Crippen molar-refractivity contribution in [3.05, 3.63) is 75.9 Å². The van der Waals surface area contributed by atoms with E-state index in [4.69, 9.17) is 19.4 Å². The number of methoxy groups -OCH3 is 2. The zero-order valence-electron chi connectivity index (χ0n) is 26.9. The first-order valence-electron chi connectivity index (χ1n) is 15.6. The van der Waals surface area contributed by atoms with Crippen molar-refractivity contribution in [1.29, 1.82) is 0 Å². The molecule has 3 aromatic rings. The molecule has 1 saturated carbocycles. The maximum Gasteiger partial charge on any atom is 0.305 e. The summed E-state index contributed by atoms with van der Waals surface area (Å²) in [4.78, 5) is 42.0. The fraction of sp³-hybridized carbons (Fsp3) is 0.351. The third-order valence-corrected chi connectivity index (χ3v) is 9.44. The summed E-state index contributed by atoms with van der Waals surface area (Å²) < 4.78 is 9.92. The second kappa shape index (κ2) is 12.0. The molecule has 0 aromatic carbocycles. The fourth-order valence-electron chi connectivity index (χ4n) is 6.60. The minimum atomic E-state index is -0.274. The van der Waals surface area contributed by atoms with E-state index in [0.29, 0.717) is 18.8 Å². The molecule has 0 unspecified atom stereocenters. The summed E-state index contributed by atoms with van der Waals surface area (Å²) >= 11 is 0. The zero-order chi connectivity index (χ0) is 32.0. The van der Waals surface area contributed by atoms with Gasteiger partial charge in [0.2, 0.25) is 0 Å². The summed E-state index contributed by atoms with van der Waals surface area (Å²) in [5.74, 6) is 0.00253. The molecule has 232 valence electrons. The smallest absolute Gasteiger partial charge is 0.305 e. The maximum atomic E-state index is 12.2. The van der Waals surface area contributed by atoms with Crippen LogP contribution in [0, 0.1) is 13.8 Å². The Hall–Kier alpha value is -4.72. The maximum absolute atomic E-state index is 12.2. The van der Waals surface area contributed by atoms with E-state index in [1.165, 1.54) is 38.2 Å². The Kier molecular flexibility index (Phi) is 8.08. The number of aryl methyl sites for hydroxylation is 2. The van der Waals surface area contributed by atoms with Gasteiger partial charge in [0.05, 0.1) is 37.0 Å². The number of rotatable bonds is 8. The Morgan fingerprint density at radius 1 is 0.756 bits per heavy atom. The highest BCUT2D eigenvalue weighted by Gasteiger charge is 2.29. The van der Waals surface area contributed by atoms with Crippen molar-refractivity contribution in [2.75, 3.05) is 14.2 Å². The number of fused-ring (bicyclic) bond motifs is 8. The lowest BCUT2D eigenvalue weighted by molar-refractivity contribution is -0.141. The molecule has 8 bridgehead atoms. The van der Waals surface area contributed by atoms with Crippen molar-refractivity contribution in [3.63, 3.8) is 0 Å². The lowest BCUT2D eigenvalue weighted by Crippen LogP contribution is -2.01. The number of hydrogen-bond donors (Lipinski definition) is 2. The average molecular weight is 605 g/mol. The molecule has 5 heterocycles. The molecule has 0 amide bonds. The summed E-state index contributed by atoms with van der Waals surface area (Å²) in [5.41, 5.74) is 16.0. The number of carbonyl (C=O) groups is 2. The van der Waals surface area contributed by atoms with Crippen LogP contribution in [0.25, 0.3) is 50.4 Å². The molecular formula is C37H40N4O4. The molecule has 0 saturated heterocycles. The number of aromatic nitrogens is 4. The Balaban J connectivity index is 1.69. The SMILES string of the molecule is C=Cc1c(C)c2cc3[nH]c(cc4nc(cc5nc(cc1[nH]2)C(C)=C5CCC(=O)OC)C(CCC(=O)OC)=C4C)c(C)c3C1CC1. The van der Waals surface area contributed by atoms with Gasteiger partial charge in [-0.25, -0.2) is 9.97 Å². The highest BCUT2D eigenvalue weighted by Crippen LogP contribution is 2.45. The topological polar surface area (TPSA) is 110 Å². The minimum Gasteiger partial charge on any atom is -0.469 e. The van der Waals surface area contributed by atoms with E-state index in [0.717, 1.165) is 78.3 Å². The summed E-state index contributed by atoms with van der Waals surface area (Å²) in [6, 6.07) is 8.40. The van der Waals surface area contributed by atoms with E-state index in [1.54, 1.807) is 0 Å². The van der Waals surface area contributed by atoms with Gasteiger partial charge >= 0.3 is 11.9 Å². The number of ether oxygens (including phenoxy) is 2. The van der Waals surface area contributed by atoms with Gasteiger partial charge in [0, 0.05) is 40.5 Å². The van der Waals surface area contributed by atoms with E-state index in [1.807, 2.05) is 19.1 Å². The van der Waals surface area contributed by atoms with Crippen LogP contribution in [0.1, 0.15) is 103 Å². The normalized spacial score (nSPS) is 14.6. The van der Waals surface area contributed by atoms with E-state index >= 15 is 0 Å². The summed E-state index contributed by atoms with van der Waals surface area (Å²) in [7, 11) is 2.81. The molecule has 8 heteroatoms. The number of nitrogens with one attached hydrogen (secondary N) is 2. The van der Waals surface area contributed by atoms with Crippen LogP contribution < -0.4 is 0 Å². The van der Waals surface area contributed by atoms with Gasteiger partial charge in [-0.05, 0) is 123 Å².